The van der Waals surface area contributed by atoms with Gasteiger partial charge in [-0.15, -0.1) is 11.3 Å². The number of carboxylic acids is 1. The number of hydrogen-bond donors (Lipinski definition) is 1. The Balaban J connectivity index is 2.32. The van der Waals surface area contributed by atoms with Gasteiger partial charge in [-0.05, 0) is 25.7 Å². The Morgan fingerprint density at radius 3 is 2.67 bits per heavy atom. The monoisotopic (exact) mass is 269 g/mol. The number of carbonyl (C=O) groups is 1. The summed E-state index contributed by atoms with van der Waals surface area (Å²) in [6.45, 7) is 6.70. The maximum Gasteiger partial charge on any atom is 0.347 e. The fourth-order valence-corrected chi connectivity index (χ4v) is 3.20. The fourth-order valence-electron chi connectivity index (χ4n) is 1.99. The van der Waals surface area contributed by atoms with E-state index in [9.17, 15) is 9.90 Å². The van der Waals surface area contributed by atoms with Gasteiger partial charge < -0.3 is 9.84 Å². The summed E-state index contributed by atoms with van der Waals surface area (Å²) < 4.78 is 5.69. The second-order valence-electron chi connectivity index (χ2n) is 4.97. The molecule has 0 radical (unpaired) electrons. The van der Waals surface area contributed by atoms with Crippen LogP contribution in [-0.4, -0.2) is 22.7 Å². The molecule has 1 unspecified atom stereocenters. The van der Waals surface area contributed by atoms with Crippen LogP contribution in [0.15, 0.2) is 0 Å². The summed E-state index contributed by atoms with van der Waals surface area (Å²) >= 11 is 1.28. The van der Waals surface area contributed by atoms with E-state index in [4.69, 9.17) is 4.74 Å². The van der Waals surface area contributed by atoms with Gasteiger partial charge in [0.1, 0.15) is 16.0 Å². The molecule has 0 saturated heterocycles. The lowest BCUT2D eigenvalue weighted by Gasteiger charge is -2.17. The van der Waals surface area contributed by atoms with E-state index in [0.717, 1.165) is 23.5 Å². The van der Waals surface area contributed by atoms with E-state index in [0.29, 0.717) is 23.3 Å². The van der Waals surface area contributed by atoms with Crippen LogP contribution >= 0.6 is 11.3 Å². The topological polar surface area (TPSA) is 59.4 Å². The van der Waals surface area contributed by atoms with Crippen LogP contribution in [0.2, 0.25) is 0 Å². The van der Waals surface area contributed by atoms with Crippen molar-refractivity contribution in [2.75, 3.05) is 6.61 Å². The number of ether oxygens (including phenoxy) is 1. The molecule has 1 heterocycles. The molecule has 1 aromatic heterocycles. The van der Waals surface area contributed by atoms with Crippen LogP contribution in [0.3, 0.4) is 0 Å². The zero-order chi connectivity index (χ0) is 13.3. The van der Waals surface area contributed by atoms with Gasteiger partial charge in [-0.25, -0.2) is 9.78 Å². The van der Waals surface area contributed by atoms with Crippen LogP contribution in [-0.2, 0) is 4.74 Å². The lowest BCUT2D eigenvalue weighted by atomic mass is 10.1. The molecule has 1 N–H and O–H groups in total. The van der Waals surface area contributed by atoms with Crippen molar-refractivity contribution in [1.29, 1.82) is 0 Å². The smallest absolute Gasteiger partial charge is 0.347 e. The average Bonchev–Trinajstić information content (AvgIpc) is 3.05. The highest BCUT2D eigenvalue weighted by molar-refractivity contribution is 7.13. The third-order valence-electron chi connectivity index (χ3n) is 3.02. The van der Waals surface area contributed by atoms with Crippen molar-refractivity contribution in [2.45, 2.75) is 45.6 Å². The molecule has 4 nitrogen and oxygen atoms in total. The summed E-state index contributed by atoms with van der Waals surface area (Å²) in [5.74, 6) is -0.208. The first-order chi connectivity index (χ1) is 8.54. The molecule has 100 valence electrons. The molecule has 1 aliphatic carbocycles. The Morgan fingerprint density at radius 1 is 1.56 bits per heavy atom. The van der Waals surface area contributed by atoms with Crippen LogP contribution in [0.1, 0.15) is 66.0 Å². The van der Waals surface area contributed by atoms with E-state index in [1.165, 1.54) is 11.3 Å². The lowest BCUT2D eigenvalue weighted by Crippen LogP contribution is -2.10. The third kappa shape index (κ3) is 2.72. The highest BCUT2D eigenvalue weighted by Gasteiger charge is 2.33. The van der Waals surface area contributed by atoms with Crippen molar-refractivity contribution >= 4 is 17.3 Å². The lowest BCUT2D eigenvalue weighted by molar-refractivity contribution is 0.0292. The van der Waals surface area contributed by atoms with E-state index in [1.807, 2.05) is 6.92 Å². The number of nitrogens with zero attached hydrogens (tertiary/aromatic N) is 1. The van der Waals surface area contributed by atoms with Gasteiger partial charge in [-0.3, -0.25) is 0 Å². The Labute approximate surface area is 111 Å². The highest BCUT2D eigenvalue weighted by Crippen LogP contribution is 2.44. The SMILES string of the molecule is CCOC(c1nc(C2CC2)c(C(=O)O)s1)C(C)C. The molecule has 1 aromatic rings. The molecule has 0 aliphatic heterocycles. The van der Waals surface area contributed by atoms with Crippen LogP contribution in [0.4, 0.5) is 0 Å². The van der Waals surface area contributed by atoms with Crippen molar-refractivity contribution in [3.05, 3.63) is 15.6 Å². The average molecular weight is 269 g/mol. The Morgan fingerprint density at radius 2 is 2.22 bits per heavy atom. The number of aromatic nitrogens is 1. The number of thiazole rings is 1. The van der Waals surface area contributed by atoms with Gasteiger partial charge in [0.25, 0.3) is 0 Å². The Kier molecular flexibility index (Phi) is 4.02. The summed E-state index contributed by atoms with van der Waals surface area (Å²) in [4.78, 5) is 16.2. The van der Waals surface area contributed by atoms with Crippen LogP contribution in [0.25, 0.3) is 0 Å². The van der Waals surface area contributed by atoms with Crippen molar-refractivity contribution < 1.29 is 14.6 Å². The van der Waals surface area contributed by atoms with Crippen molar-refractivity contribution in [3.63, 3.8) is 0 Å². The van der Waals surface area contributed by atoms with Gasteiger partial charge in [-0.1, -0.05) is 13.8 Å². The fraction of sp³-hybridized carbons (Fsp3) is 0.692. The molecule has 5 heteroatoms. The largest absolute Gasteiger partial charge is 0.477 e. The predicted molar refractivity (Wildman–Crippen MR) is 70.3 cm³/mol. The molecule has 1 aliphatic rings. The van der Waals surface area contributed by atoms with E-state index >= 15 is 0 Å². The summed E-state index contributed by atoms with van der Waals surface area (Å²) in [6, 6.07) is 0. The van der Waals surface area contributed by atoms with Gasteiger partial charge in [0.05, 0.1) is 5.69 Å². The number of carboxylic acid groups (broad SMARTS) is 1. The first kappa shape index (κ1) is 13.5. The molecule has 0 amide bonds. The minimum absolute atomic E-state index is 0.0920. The quantitative estimate of drug-likeness (QED) is 0.859. The van der Waals surface area contributed by atoms with E-state index in [2.05, 4.69) is 18.8 Å². The van der Waals surface area contributed by atoms with Gasteiger partial charge in [0.15, 0.2) is 0 Å². The summed E-state index contributed by atoms with van der Waals surface area (Å²) in [5.41, 5.74) is 0.771. The normalized spacial score (nSPS) is 17.1. The zero-order valence-corrected chi connectivity index (χ0v) is 11.8. The number of hydrogen-bond acceptors (Lipinski definition) is 4. The minimum Gasteiger partial charge on any atom is -0.477 e. The predicted octanol–water partition coefficient (Wildman–Crippen LogP) is 3.45. The van der Waals surface area contributed by atoms with E-state index < -0.39 is 5.97 Å². The molecule has 0 spiro atoms. The molecular formula is C13H19NO3S. The molecule has 1 atom stereocenters. The Hall–Kier alpha value is -0.940. The molecule has 2 rings (SSSR count). The van der Waals surface area contributed by atoms with E-state index in [1.54, 1.807) is 0 Å². The maximum absolute atomic E-state index is 11.2. The Bertz CT molecular complexity index is 437. The van der Waals surface area contributed by atoms with Crippen LogP contribution < -0.4 is 0 Å². The van der Waals surface area contributed by atoms with Crippen molar-refractivity contribution in [3.8, 4) is 0 Å². The highest BCUT2D eigenvalue weighted by atomic mass is 32.1. The zero-order valence-electron chi connectivity index (χ0n) is 11.0. The van der Waals surface area contributed by atoms with Crippen molar-refractivity contribution in [1.82, 2.24) is 4.98 Å². The maximum atomic E-state index is 11.2. The number of rotatable bonds is 6. The van der Waals surface area contributed by atoms with Crippen molar-refractivity contribution in [2.24, 2.45) is 5.92 Å². The van der Waals surface area contributed by atoms with Gasteiger partial charge >= 0.3 is 5.97 Å². The second-order valence-corrected chi connectivity index (χ2v) is 6.00. The van der Waals surface area contributed by atoms with Gasteiger partial charge in [0.2, 0.25) is 0 Å². The standard InChI is InChI=1S/C13H19NO3S/c1-4-17-10(7(2)3)12-14-9(8-5-6-8)11(18-12)13(15)16/h7-8,10H,4-6H2,1-3H3,(H,15,16). The van der Waals surface area contributed by atoms with E-state index in [-0.39, 0.29) is 6.10 Å². The summed E-state index contributed by atoms with van der Waals surface area (Å²) in [5, 5.41) is 10.0. The molecule has 1 fully saturated rings. The molecule has 0 aromatic carbocycles. The third-order valence-corrected chi connectivity index (χ3v) is 4.14. The molecule has 0 bridgehead atoms. The summed E-state index contributed by atoms with van der Waals surface area (Å²) in [6.07, 6.45) is 2.03. The van der Waals surface area contributed by atoms with Gasteiger partial charge in [-0.2, -0.15) is 0 Å². The van der Waals surface area contributed by atoms with Crippen LogP contribution in [0.5, 0.6) is 0 Å². The number of aromatic carboxylic acids is 1. The summed E-state index contributed by atoms with van der Waals surface area (Å²) in [7, 11) is 0. The minimum atomic E-state index is -0.861. The second kappa shape index (κ2) is 5.36. The molecular weight excluding hydrogens is 250 g/mol. The van der Waals surface area contributed by atoms with Gasteiger partial charge in [0, 0.05) is 12.5 Å². The first-order valence-electron chi connectivity index (χ1n) is 6.40. The molecule has 18 heavy (non-hydrogen) atoms. The first-order valence-corrected chi connectivity index (χ1v) is 7.21. The van der Waals surface area contributed by atoms with Crippen LogP contribution in [0, 0.1) is 5.92 Å². The molecule has 1 saturated carbocycles.